The highest BCUT2D eigenvalue weighted by molar-refractivity contribution is 5.38. The molecule has 1 aromatic heterocycles. The molecule has 0 aliphatic heterocycles. The highest BCUT2D eigenvalue weighted by atomic mass is 15.3. The topological polar surface area (TPSA) is 43.8 Å². The summed E-state index contributed by atoms with van der Waals surface area (Å²) in [7, 11) is 1.98. The largest absolute Gasteiger partial charge is 0.329 e. The van der Waals surface area contributed by atoms with Crippen molar-refractivity contribution in [3.8, 4) is 0 Å². The fourth-order valence-corrected chi connectivity index (χ4v) is 2.58. The van der Waals surface area contributed by atoms with Crippen LogP contribution < -0.4 is 5.73 Å². The molecule has 1 atom stereocenters. The molecule has 0 saturated heterocycles. The average molecular weight is 243 g/mol. The summed E-state index contributed by atoms with van der Waals surface area (Å²) in [5, 5.41) is 4.41. The number of hydrogen-bond acceptors (Lipinski definition) is 2. The Morgan fingerprint density at radius 3 is 2.44 bits per heavy atom. The molecule has 0 aliphatic rings. The first kappa shape index (κ1) is 12.8. The lowest BCUT2D eigenvalue weighted by Gasteiger charge is -2.18. The van der Waals surface area contributed by atoms with Gasteiger partial charge in [0.2, 0.25) is 0 Å². The van der Waals surface area contributed by atoms with Gasteiger partial charge in [-0.3, -0.25) is 4.68 Å². The number of benzene rings is 1. The van der Waals surface area contributed by atoms with Crippen molar-refractivity contribution in [2.45, 2.75) is 26.7 Å². The van der Waals surface area contributed by atoms with E-state index in [0.29, 0.717) is 6.54 Å². The summed E-state index contributed by atoms with van der Waals surface area (Å²) in [5.74, 6) is 0.219. The smallest absolute Gasteiger partial charge is 0.0596 e. The molecule has 1 unspecified atom stereocenters. The Kier molecular flexibility index (Phi) is 3.53. The Hall–Kier alpha value is -1.61. The van der Waals surface area contributed by atoms with E-state index in [1.54, 1.807) is 0 Å². The van der Waals surface area contributed by atoms with Crippen molar-refractivity contribution in [3.63, 3.8) is 0 Å². The van der Waals surface area contributed by atoms with E-state index in [1.807, 2.05) is 18.7 Å². The lowest BCUT2D eigenvalue weighted by atomic mass is 9.91. The minimum atomic E-state index is 0.219. The third kappa shape index (κ3) is 2.31. The summed E-state index contributed by atoms with van der Waals surface area (Å²) in [6, 6.07) is 8.66. The fourth-order valence-electron chi connectivity index (χ4n) is 2.58. The van der Waals surface area contributed by atoms with Crippen LogP contribution in [0, 0.1) is 20.8 Å². The molecule has 0 aliphatic carbocycles. The normalized spacial score (nSPS) is 12.7. The standard InChI is InChI=1S/C15H21N3/c1-10-5-6-13(11(2)7-10)14(9-16)15-8-12(3)17-18(15)4/h5-8,14H,9,16H2,1-4H3. The van der Waals surface area contributed by atoms with Gasteiger partial charge in [0.05, 0.1) is 5.69 Å². The average Bonchev–Trinajstić information content (AvgIpc) is 2.62. The van der Waals surface area contributed by atoms with Crippen LogP contribution in [0.2, 0.25) is 0 Å². The first-order valence-corrected chi connectivity index (χ1v) is 6.30. The number of nitrogens with zero attached hydrogens (tertiary/aromatic N) is 2. The molecule has 3 nitrogen and oxygen atoms in total. The molecule has 2 rings (SSSR count). The van der Waals surface area contributed by atoms with Crippen LogP contribution in [0.4, 0.5) is 0 Å². The molecule has 1 heterocycles. The summed E-state index contributed by atoms with van der Waals surface area (Å²) in [5.41, 5.74) is 12.1. The molecular weight excluding hydrogens is 222 g/mol. The highest BCUT2D eigenvalue weighted by Gasteiger charge is 2.18. The third-order valence-electron chi connectivity index (χ3n) is 3.43. The van der Waals surface area contributed by atoms with Gasteiger partial charge in [-0.05, 0) is 38.0 Å². The predicted molar refractivity (Wildman–Crippen MR) is 74.8 cm³/mol. The van der Waals surface area contributed by atoms with Gasteiger partial charge in [0.1, 0.15) is 0 Å². The molecule has 18 heavy (non-hydrogen) atoms. The van der Waals surface area contributed by atoms with E-state index in [9.17, 15) is 0 Å². The van der Waals surface area contributed by atoms with Gasteiger partial charge >= 0.3 is 0 Å². The van der Waals surface area contributed by atoms with Gasteiger partial charge in [0.15, 0.2) is 0 Å². The molecule has 0 spiro atoms. The molecule has 96 valence electrons. The predicted octanol–water partition coefficient (Wildman–Crippen LogP) is 2.44. The molecule has 0 fully saturated rings. The summed E-state index contributed by atoms with van der Waals surface area (Å²) >= 11 is 0. The van der Waals surface area contributed by atoms with Crippen LogP contribution in [0.15, 0.2) is 24.3 Å². The molecule has 1 aromatic carbocycles. The molecule has 0 amide bonds. The zero-order valence-electron chi connectivity index (χ0n) is 11.6. The van der Waals surface area contributed by atoms with Gasteiger partial charge in [-0.25, -0.2) is 0 Å². The van der Waals surface area contributed by atoms with E-state index in [1.165, 1.54) is 22.4 Å². The molecule has 0 radical (unpaired) electrons. The van der Waals surface area contributed by atoms with E-state index in [2.05, 4.69) is 43.2 Å². The van der Waals surface area contributed by atoms with Gasteiger partial charge in [-0.2, -0.15) is 5.10 Å². The summed E-state index contributed by atoms with van der Waals surface area (Å²) in [4.78, 5) is 0. The van der Waals surface area contributed by atoms with Crippen LogP contribution in [0.25, 0.3) is 0 Å². The molecule has 2 N–H and O–H groups in total. The van der Waals surface area contributed by atoms with Crippen molar-refractivity contribution in [1.29, 1.82) is 0 Å². The van der Waals surface area contributed by atoms with Crippen LogP contribution in [0.1, 0.15) is 34.0 Å². The van der Waals surface area contributed by atoms with Crippen LogP contribution in [-0.4, -0.2) is 16.3 Å². The van der Waals surface area contributed by atoms with Gasteiger partial charge in [-0.15, -0.1) is 0 Å². The first-order chi connectivity index (χ1) is 8.52. The van der Waals surface area contributed by atoms with E-state index >= 15 is 0 Å². The molecule has 3 heteroatoms. The number of rotatable bonds is 3. The maximum atomic E-state index is 5.98. The Balaban J connectivity index is 2.48. The molecule has 0 saturated carbocycles. The van der Waals surface area contributed by atoms with Crippen LogP contribution >= 0.6 is 0 Å². The Morgan fingerprint density at radius 2 is 1.94 bits per heavy atom. The van der Waals surface area contributed by atoms with Gasteiger partial charge in [-0.1, -0.05) is 23.8 Å². The van der Waals surface area contributed by atoms with Gasteiger partial charge < -0.3 is 5.73 Å². The minimum absolute atomic E-state index is 0.219. The van der Waals surface area contributed by atoms with Crippen molar-refractivity contribution in [2.75, 3.05) is 6.54 Å². The summed E-state index contributed by atoms with van der Waals surface area (Å²) in [6.07, 6.45) is 0. The third-order valence-corrected chi connectivity index (χ3v) is 3.43. The SMILES string of the molecule is Cc1ccc(C(CN)c2cc(C)nn2C)c(C)c1. The van der Waals surface area contributed by atoms with Crippen LogP contribution in [-0.2, 0) is 7.05 Å². The van der Waals surface area contributed by atoms with Crippen molar-refractivity contribution < 1.29 is 0 Å². The summed E-state index contributed by atoms with van der Waals surface area (Å²) < 4.78 is 1.94. The second-order valence-corrected chi connectivity index (χ2v) is 4.98. The number of aromatic nitrogens is 2. The highest BCUT2D eigenvalue weighted by Crippen LogP contribution is 2.27. The number of hydrogen-bond donors (Lipinski definition) is 1. The first-order valence-electron chi connectivity index (χ1n) is 6.30. The molecule has 2 aromatic rings. The Morgan fingerprint density at radius 1 is 1.22 bits per heavy atom. The van der Waals surface area contributed by atoms with Crippen LogP contribution in [0.5, 0.6) is 0 Å². The van der Waals surface area contributed by atoms with E-state index in [-0.39, 0.29) is 5.92 Å². The minimum Gasteiger partial charge on any atom is -0.329 e. The quantitative estimate of drug-likeness (QED) is 0.899. The lowest BCUT2D eigenvalue weighted by molar-refractivity contribution is 0.658. The van der Waals surface area contributed by atoms with E-state index < -0.39 is 0 Å². The molecular formula is C15H21N3. The maximum Gasteiger partial charge on any atom is 0.0596 e. The zero-order chi connectivity index (χ0) is 13.3. The van der Waals surface area contributed by atoms with Crippen molar-refractivity contribution >= 4 is 0 Å². The second-order valence-electron chi connectivity index (χ2n) is 4.98. The molecule has 0 bridgehead atoms. The maximum absolute atomic E-state index is 5.98. The van der Waals surface area contributed by atoms with Gasteiger partial charge in [0.25, 0.3) is 0 Å². The summed E-state index contributed by atoms with van der Waals surface area (Å²) in [6.45, 7) is 6.87. The lowest BCUT2D eigenvalue weighted by Crippen LogP contribution is -2.18. The Bertz CT molecular complexity index is 555. The van der Waals surface area contributed by atoms with Crippen molar-refractivity contribution in [1.82, 2.24) is 9.78 Å². The number of nitrogens with two attached hydrogens (primary N) is 1. The van der Waals surface area contributed by atoms with Crippen LogP contribution in [0.3, 0.4) is 0 Å². The van der Waals surface area contributed by atoms with Gasteiger partial charge in [0, 0.05) is 25.2 Å². The van der Waals surface area contributed by atoms with Crippen molar-refractivity contribution in [2.24, 2.45) is 12.8 Å². The number of aryl methyl sites for hydroxylation is 4. The van der Waals surface area contributed by atoms with E-state index in [0.717, 1.165) is 5.69 Å². The fraction of sp³-hybridized carbons (Fsp3) is 0.400. The van der Waals surface area contributed by atoms with E-state index in [4.69, 9.17) is 5.73 Å². The second kappa shape index (κ2) is 4.94. The monoisotopic (exact) mass is 243 g/mol. The zero-order valence-corrected chi connectivity index (χ0v) is 11.6. The van der Waals surface area contributed by atoms with Crippen molar-refractivity contribution in [3.05, 3.63) is 52.3 Å². The Labute approximate surface area is 109 Å².